The van der Waals surface area contributed by atoms with Crippen LogP contribution in [0.5, 0.6) is 0 Å². The minimum Gasteiger partial charge on any atom is -0.375 e. The van der Waals surface area contributed by atoms with Crippen LogP contribution in [0.3, 0.4) is 0 Å². The highest BCUT2D eigenvalue weighted by Crippen LogP contribution is 2.24. The van der Waals surface area contributed by atoms with Crippen LogP contribution in [-0.4, -0.2) is 37.2 Å². The molecule has 94 valence electrons. The lowest BCUT2D eigenvalue weighted by molar-refractivity contribution is -0.173. The molecule has 0 spiro atoms. The first-order valence-electron chi connectivity index (χ1n) is 5.84. The van der Waals surface area contributed by atoms with Crippen molar-refractivity contribution in [1.82, 2.24) is 5.32 Å². The highest BCUT2D eigenvalue weighted by Gasteiger charge is 2.44. The lowest BCUT2D eigenvalue weighted by atomic mass is 9.88. The normalized spacial score (nSPS) is 25.3. The third-order valence-electron chi connectivity index (χ3n) is 3.22. The van der Waals surface area contributed by atoms with Gasteiger partial charge < -0.3 is 19.9 Å². The summed E-state index contributed by atoms with van der Waals surface area (Å²) in [6, 6.07) is 9.99. The standard InChI is InChI=1S/C13H19NO3/c1-16-12(15)13(7-8-14-13)10-17-9-11-5-3-2-4-6-11/h2-6,12,14-15H,7-10H2,1H3. The van der Waals surface area contributed by atoms with Crippen molar-refractivity contribution in [1.29, 1.82) is 0 Å². The van der Waals surface area contributed by atoms with E-state index in [1.807, 2.05) is 30.3 Å². The van der Waals surface area contributed by atoms with Crippen molar-refractivity contribution in [3.63, 3.8) is 0 Å². The zero-order valence-corrected chi connectivity index (χ0v) is 10.1. The number of hydrogen-bond acceptors (Lipinski definition) is 4. The predicted octanol–water partition coefficient (Wildman–Crippen LogP) is 0.900. The summed E-state index contributed by atoms with van der Waals surface area (Å²) in [5.74, 6) is 0. The molecular formula is C13H19NO3. The summed E-state index contributed by atoms with van der Waals surface area (Å²) in [6.45, 7) is 1.91. The van der Waals surface area contributed by atoms with Crippen molar-refractivity contribution < 1.29 is 14.6 Å². The molecule has 0 saturated carbocycles. The summed E-state index contributed by atoms with van der Waals surface area (Å²) in [5, 5.41) is 13.0. The van der Waals surface area contributed by atoms with Crippen LogP contribution in [0.1, 0.15) is 12.0 Å². The van der Waals surface area contributed by atoms with Crippen LogP contribution < -0.4 is 5.32 Å². The highest BCUT2D eigenvalue weighted by molar-refractivity contribution is 5.13. The molecule has 1 aromatic carbocycles. The molecule has 1 aliphatic heterocycles. The van der Waals surface area contributed by atoms with Gasteiger partial charge in [-0.05, 0) is 18.5 Å². The number of benzene rings is 1. The van der Waals surface area contributed by atoms with Crippen LogP contribution in [0, 0.1) is 0 Å². The van der Waals surface area contributed by atoms with Gasteiger partial charge in [0, 0.05) is 7.11 Å². The minimum atomic E-state index is -0.813. The van der Waals surface area contributed by atoms with Crippen molar-refractivity contribution in [3.8, 4) is 0 Å². The first-order chi connectivity index (χ1) is 8.27. The number of ether oxygens (including phenoxy) is 2. The van der Waals surface area contributed by atoms with Crippen molar-refractivity contribution in [3.05, 3.63) is 35.9 Å². The van der Waals surface area contributed by atoms with Gasteiger partial charge in [0.1, 0.15) is 0 Å². The summed E-state index contributed by atoms with van der Waals surface area (Å²) in [7, 11) is 1.50. The fraction of sp³-hybridized carbons (Fsp3) is 0.538. The lowest BCUT2D eigenvalue weighted by Crippen LogP contribution is -2.67. The number of rotatable bonds is 6. The van der Waals surface area contributed by atoms with Gasteiger partial charge in [-0.2, -0.15) is 0 Å². The Morgan fingerprint density at radius 2 is 2.12 bits per heavy atom. The third kappa shape index (κ3) is 2.84. The van der Waals surface area contributed by atoms with Crippen molar-refractivity contribution in [2.75, 3.05) is 20.3 Å². The number of aliphatic hydroxyl groups is 1. The number of nitrogens with one attached hydrogen (secondary N) is 1. The van der Waals surface area contributed by atoms with E-state index in [0.717, 1.165) is 18.5 Å². The third-order valence-corrected chi connectivity index (χ3v) is 3.22. The van der Waals surface area contributed by atoms with Crippen LogP contribution >= 0.6 is 0 Å². The second-order valence-corrected chi connectivity index (χ2v) is 4.40. The molecule has 0 amide bonds. The van der Waals surface area contributed by atoms with E-state index in [0.29, 0.717) is 13.2 Å². The molecule has 17 heavy (non-hydrogen) atoms. The number of aliphatic hydroxyl groups excluding tert-OH is 1. The SMILES string of the molecule is COC(O)C1(COCc2ccccc2)CCN1. The van der Waals surface area contributed by atoms with E-state index in [1.54, 1.807) is 0 Å². The Morgan fingerprint density at radius 1 is 1.41 bits per heavy atom. The molecule has 1 aromatic rings. The first-order valence-corrected chi connectivity index (χ1v) is 5.84. The maximum absolute atomic E-state index is 9.76. The van der Waals surface area contributed by atoms with Crippen LogP contribution in [0.4, 0.5) is 0 Å². The summed E-state index contributed by atoms with van der Waals surface area (Å²) < 4.78 is 10.6. The fourth-order valence-electron chi connectivity index (χ4n) is 2.00. The molecule has 4 heteroatoms. The van der Waals surface area contributed by atoms with Crippen LogP contribution in [-0.2, 0) is 16.1 Å². The average molecular weight is 237 g/mol. The van der Waals surface area contributed by atoms with Gasteiger partial charge in [0.25, 0.3) is 0 Å². The van der Waals surface area contributed by atoms with E-state index in [-0.39, 0.29) is 0 Å². The molecule has 2 N–H and O–H groups in total. The van der Waals surface area contributed by atoms with Crippen molar-refractivity contribution in [2.24, 2.45) is 0 Å². The van der Waals surface area contributed by atoms with Crippen LogP contribution in [0.2, 0.25) is 0 Å². The average Bonchev–Trinajstić information content (AvgIpc) is 2.33. The molecule has 2 unspecified atom stereocenters. The van der Waals surface area contributed by atoms with Crippen LogP contribution in [0.15, 0.2) is 30.3 Å². The largest absolute Gasteiger partial charge is 0.375 e. The van der Waals surface area contributed by atoms with Gasteiger partial charge in [0.2, 0.25) is 0 Å². The smallest absolute Gasteiger partial charge is 0.174 e. The van der Waals surface area contributed by atoms with E-state index in [1.165, 1.54) is 7.11 Å². The maximum atomic E-state index is 9.76. The van der Waals surface area contributed by atoms with Gasteiger partial charge in [0.05, 0.1) is 18.8 Å². The van der Waals surface area contributed by atoms with Gasteiger partial charge in [-0.3, -0.25) is 0 Å². The quantitative estimate of drug-likeness (QED) is 0.722. The molecule has 1 saturated heterocycles. The summed E-state index contributed by atoms with van der Waals surface area (Å²) >= 11 is 0. The van der Waals surface area contributed by atoms with Gasteiger partial charge in [-0.25, -0.2) is 0 Å². The zero-order chi connectivity index (χ0) is 12.1. The molecule has 0 aromatic heterocycles. The lowest BCUT2D eigenvalue weighted by Gasteiger charge is -2.45. The Bertz CT molecular complexity index is 338. The molecule has 4 nitrogen and oxygen atoms in total. The summed E-state index contributed by atoms with van der Waals surface area (Å²) in [4.78, 5) is 0. The Balaban J connectivity index is 1.81. The second kappa shape index (κ2) is 5.60. The van der Waals surface area contributed by atoms with E-state index in [2.05, 4.69) is 5.32 Å². The number of hydrogen-bond donors (Lipinski definition) is 2. The molecule has 0 bridgehead atoms. The van der Waals surface area contributed by atoms with E-state index >= 15 is 0 Å². The van der Waals surface area contributed by atoms with Gasteiger partial charge in [-0.1, -0.05) is 30.3 Å². The molecule has 2 atom stereocenters. The number of methoxy groups -OCH3 is 1. The van der Waals surface area contributed by atoms with Crippen molar-refractivity contribution >= 4 is 0 Å². The molecule has 0 radical (unpaired) electrons. The monoisotopic (exact) mass is 237 g/mol. The minimum absolute atomic E-state index is 0.427. The Morgan fingerprint density at radius 3 is 2.65 bits per heavy atom. The molecule has 0 aliphatic carbocycles. The van der Waals surface area contributed by atoms with Crippen molar-refractivity contribution in [2.45, 2.75) is 24.9 Å². The molecule has 1 heterocycles. The van der Waals surface area contributed by atoms with E-state index in [9.17, 15) is 5.11 Å². The highest BCUT2D eigenvalue weighted by atomic mass is 16.6. The van der Waals surface area contributed by atoms with E-state index in [4.69, 9.17) is 9.47 Å². The summed E-state index contributed by atoms with van der Waals surface area (Å²) in [6.07, 6.45) is 0.0589. The second-order valence-electron chi connectivity index (χ2n) is 4.40. The molecule has 1 fully saturated rings. The Kier molecular flexibility index (Phi) is 4.12. The fourth-order valence-corrected chi connectivity index (χ4v) is 2.00. The van der Waals surface area contributed by atoms with Crippen LogP contribution in [0.25, 0.3) is 0 Å². The first kappa shape index (κ1) is 12.5. The topological polar surface area (TPSA) is 50.7 Å². The predicted molar refractivity (Wildman–Crippen MR) is 64.5 cm³/mol. The molecule has 2 rings (SSSR count). The summed E-state index contributed by atoms with van der Waals surface area (Å²) in [5.41, 5.74) is 0.706. The molecule has 1 aliphatic rings. The van der Waals surface area contributed by atoms with Gasteiger partial charge in [-0.15, -0.1) is 0 Å². The van der Waals surface area contributed by atoms with E-state index < -0.39 is 11.8 Å². The molecular weight excluding hydrogens is 218 g/mol. The van der Waals surface area contributed by atoms with Gasteiger partial charge >= 0.3 is 0 Å². The Labute approximate surface area is 102 Å². The van der Waals surface area contributed by atoms with Gasteiger partial charge in [0.15, 0.2) is 6.29 Å². The Hall–Kier alpha value is -0.940. The zero-order valence-electron chi connectivity index (χ0n) is 10.1. The maximum Gasteiger partial charge on any atom is 0.174 e.